The largest absolute Gasteiger partial charge is 0.449 e. The predicted molar refractivity (Wildman–Crippen MR) is 65.0 cm³/mol. The third kappa shape index (κ3) is 3.87. The van der Waals surface area contributed by atoms with Gasteiger partial charge in [-0.2, -0.15) is 0 Å². The van der Waals surface area contributed by atoms with Crippen LogP contribution in [0.2, 0.25) is 0 Å². The first-order valence-electron chi connectivity index (χ1n) is 6.23. The lowest BCUT2D eigenvalue weighted by Crippen LogP contribution is -2.15. The molecule has 0 bridgehead atoms. The maximum atomic E-state index is 10.6. The molecule has 3 heteroatoms. The summed E-state index contributed by atoms with van der Waals surface area (Å²) in [5.74, 6) is 1.99. The molecule has 0 aromatic heterocycles. The first-order chi connectivity index (χ1) is 7.70. The van der Waals surface area contributed by atoms with Crippen LogP contribution in [0.15, 0.2) is 12.7 Å². The van der Waals surface area contributed by atoms with Gasteiger partial charge in [-0.1, -0.05) is 25.8 Å². The highest BCUT2D eigenvalue weighted by molar-refractivity contribution is 5.64. The van der Waals surface area contributed by atoms with E-state index < -0.39 is 6.09 Å². The van der Waals surface area contributed by atoms with E-state index in [9.17, 15) is 4.79 Å². The van der Waals surface area contributed by atoms with Crippen molar-refractivity contribution in [2.75, 3.05) is 6.61 Å². The van der Waals surface area contributed by atoms with Crippen LogP contribution in [0, 0.1) is 17.8 Å². The van der Waals surface area contributed by atoms with E-state index in [0.29, 0.717) is 18.4 Å². The summed E-state index contributed by atoms with van der Waals surface area (Å²) in [4.78, 5) is 10.6. The van der Waals surface area contributed by atoms with Gasteiger partial charge in [0, 0.05) is 0 Å². The second kappa shape index (κ2) is 6.56. The Balaban J connectivity index is 2.28. The Morgan fingerprint density at radius 2 is 2.06 bits per heavy atom. The molecule has 0 heterocycles. The van der Waals surface area contributed by atoms with Crippen molar-refractivity contribution in [2.24, 2.45) is 23.5 Å². The summed E-state index contributed by atoms with van der Waals surface area (Å²) in [6, 6.07) is 0. The monoisotopic (exact) mass is 225 g/mol. The molecule has 3 atom stereocenters. The van der Waals surface area contributed by atoms with Crippen LogP contribution in [-0.2, 0) is 4.74 Å². The minimum Gasteiger partial charge on any atom is -0.449 e. The highest BCUT2D eigenvalue weighted by Gasteiger charge is 2.48. The van der Waals surface area contributed by atoms with E-state index in [4.69, 9.17) is 10.5 Å². The van der Waals surface area contributed by atoms with Crippen LogP contribution in [0.3, 0.4) is 0 Å². The number of hydrogen-bond donors (Lipinski definition) is 1. The number of primary amides is 1. The van der Waals surface area contributed by atoms with E-state index in [2.05, 4.69) is 13.5 Å². The highest BCUT2D eigenvalue weighted by Crippen LogP contribution is 2.52. The third-order valence-corrected chi connectivity index (χ3v) is 3.52. The Hall–Kier alpha value is -0.990. The van der Waals surface area contributed by atoms with Crippen LogP contribution < -0.4 is 5.73 Å². The Morgan fingerprint density at radius 1 is 1.38 bits per heavy atom. The van der Waals surface area contributed by atoms with Crippen LogP contribution in [0.25, 0.3) is 0 Å². The normalized spacial score (nSPS) is 27.4. The SMILES string of the molecule is C=CCCC1C(CCCC)[C@H]1COC(N)=O. The second-order valence-corrected chi connectivity index (χ2v) is 4.63. The predicted octanol–water partition coefficient (Wildman–Crippen LogP) is 3.10. The standard InChI is InChI=1S/C13H23NO2/c1-3-5-7-10-11(8-6-4-2)12(10)9-16-13(14)15/h3,10-12H,1,4-9H2,2H3,(H2,14,15)/t10?,11?,12-/m0/s1. The molecular weight excluding hydrogens is 202 g/mol. The van der Waals surface area contributed by atoms with E-state index in [0.717, 1.165) is 12.3 Å². The summed E-state index contributed by atoms with van der Waals surface area (Å²) in [6.07, 6.45) is 7.29. The molecule has 0 aromatic rings. The van der Waals surface area contributed by atoms with Crippen LogP contribution in [-0.4, -0.2) is 12.7 Å². The van der Waals surface area contributed by atoms with Gasteiger partial charge in [0.15, 0.2) is 0 Å². The summed E-state index contributed by atoms with van der Waals surface area (Å²) in [5, 5.41) is 0. The number of amides is 1. The van der Waals surface area contributed by atoms with Crippen molar-refractivity contribution in [1.29, 1.82) is 0 Å². The van der Waals surface area contributed by atoms with Crippen LogP contribution in [0.1, 0.15) is 39.0 Å². The van der Waals surface area contributed by atoms with Gasteiger partial charge in [-0.3, -0.25) is 0 Å². The number of hydrogen-bond acceptors (Lipinski definition) is 2. The van der Waals surface area contributed by atoms with Gasteiger partial charge in [-0.15, -0.1) is 6.58 Å². The Morgan fingerprint density at radius 3 is 2.62 bits per heavy atom. The molecule has 92 valence electrons. The van der Waals surface area contributed by atoms with Crippen molar-refractivity contribution in [3.8, 4) is 0 Å². The van der Waals surface area contributed by atoms with E-state index in [1.807, 2.05) is 6.08 Å². The topological polar surface area (TPSA) is 52.3 Å². The quantitative estimate of drug-likeness (QED) is 0.645. The Kier molecular flexibility index (Phi) is 5.36. The van der Waals surface area contributed by atoms with Gasteiger partial charge < -0.3 is 10.5 Å². The molecule has 1 rings (SSSR count). The molecule has 2 unspecified atom stereocenters. The first-order valence-corrected chi connectivity index (χ1v) is 6.23. The molecule has 0 spiro atoms. The van der Waals surface area contributed by atoms with Gasteiger partial charge in [-0.25, -0.2) is 4.79 Å². The van der Waals surface area contributed by atoms with Gasteiger partial charge in [-0.05, 0) is 37.0 Å². The highest BCUT2D eigenvalue weighted by atomic mass is 16.5. The fourth-order valence-electron chi connectivity index (χ4n) is 2.56. The summed E-state index contributed by atoms with van der Waals surface area (Å²) < 4.78 is 4.90. The molecule has 0 radical (unpaired) electrons. The fraction of sp³-hybridized carbons (Fsp3) is 0.769. The maximum Gasteiger partial charge on any atom is 0.404 e. The summed E-state index contributed by atoms with van der Waals surface area (Å²) in [7, 11) is 0. The number of ether oxygens (including phenoxy) is 1. The second-order valence-electron chi connectivity index (χ2n) is 4.63. The first kappa shape index (κ1) is 13.1. The minimum absolute atomic E-state index is 0.505. The average molecular weight is 225 g/mol. The van der Waals surface area contributed by atoms with Crippen LogP contribution >= 0.6 is 0 Å². The molecule has 3 nitrogen and oxygen atoms in total. The molecule has 1 saturated carbocycles. The lowest BCUT2D eigenvalue weighted by Gasteiger charge is -1.99. The zero-order valence-corrected chi connectivity index (χ0v) is 10.2. The summed E-state index contributed by atoms with van der Waals surface area (Å²) >= 11 is 0. The molecule has 16 heavy (non-hydrogen) atoms. The number of carbonyl (C=O) groups excluding carboxylic acids is 1. The maximum absolute atomic E-state index is 10.6. The Labute approximate surface area is 98.0 Å². The Bertz CT molecular complexity index is 240. The zero-order valence-electron chi connectivity index (χ0n) is 10.2. The summed E-state index contributed by atoms with van der Waals surface area (Å²) in [5.41, 5.74) is 4.98. The molecular formula is C13H23NO2. The lowest BCUT2D eigenvalue weighted by atomic mass is 10.1. The molecule has 1 aliphatic rings. The van der Waals surface area contributed by atoms with E-state index >= 15 is 0 Å². The number of unbranched alkanes of at least 4 members (excludes halogenated alkanes) is 1. The number of allylic oxidation sites excluding steroid dienone is 1. The molecule has 0 saturated heterocycles. The molecule has 2 N–H and O–H groups in total. The van der Waals surface area contributed by atoms with Crippen molar-refractivity contribution >= 4 is 6.09 Å². The van der Waals surface area contributed by atoms with Gasteiger partial charge >= 0.3 is 6.09 Å². The molecule has 1 aliphatic carbocycles. The molecule has 0 aliphatic heterocycles. The third-order valence-electron chi connectivity index (χ3n) is 3.52. The van der Waals surface area contributed by atoms with Gasteiger partial charge in [0.2, 0.25) is 0 Å². The van der Waals surface area contributed by atoms with Gasteiger partial charge in [0.05, 0.1) is 6.61 Å². The smallest absolute Gasteiger partial charge is 0.404 e. The number of carbonyl (C=O) groups is 1. The molecule has 1 amide bonds. The number of nitrogens with two attached hydrogens (primary N) is 1. The average Bonchev–Trinajstić information content (AvgIpc) is 2.93. The summed E-state index contributed by atoms with van der Waals surface area (Å²) in [6.45, 7) is 6.45. The van der Waals surface area contributed by atoms with E-state index in [1.165, 1.54) is 25.7 Å². The molecule has 0 aromatic carbocycles. The van der Waals surface area contributed by atoms with Crippen molar-refractivity contribution in [1.82, 2.24) is 0 Å². The van der Waals surface area contributed by atoms with Crippen LogP contribution in [0.5, 0.6) is 0 Å². The van der Waals surface area contributed by atoms with Crippen molar-refractivity contribution in [3.05, 3.63) is 12.7 Å². The van der Waals surface area contributed by atoms with Gasteiger partial charge in [0.25, 0.3) is 0 Å². The van der Waals surface area contributed by atoms with E-state index in [1.54, 1.807) is 0 Å². The number of rotatable bonds is 8. The lowest BCUT2D eigenvalue weighted by molar-refractivity contribution is 0.147. The van der Waals surface area contributed by atoms with Crippen molar-refractivity contribution in [3.63, 3.8) is 0 Å². The van der Waals surface area contributed by atoms with E-state index in [-0.39, 0.29) is 0 Å². The van der Waals surface area contributed by atoms with Crippen molar-refractivity contribution < 1.29 is 9.53 Å². The zero-order chi connectivity index (χ0) is 12.0. The van der Waals surface area contributed by atoms with Crippen LogP contribution in [0.4, 0.5) is 4.79 Å². The minimum atomic E-state index is -0.649. The van der Waals surface area contributed by atoms with Crippen molar-refractivity contribution in [2.45, 2.75) is 39.0 Å². The fourth-order valence-corrected chi connectivity index (χ4v) is 2.56. The van der Waals surface area contributed by atoms with Gasteiger partial charge in [0.1, 0.15) is 0 Å². The molecule has 1 fully saturated rings.